The SMILES string of the molecule is C=Nc1c(SCC(C)(C)C)c(-c2cc(CCCCCCCC)cs2)c2nc(C(C)(C)C)sc2c1-c1cc(CCCCCCCC)cs1.CCCCCC. The van der Waals surface area contributed by atoms with E-state index in [0.717, 1.165) is 29.8 Å². The summed E-state index contributed by atoms with van der Waals surface area (Å²) in [4.78, 5) is 14.2. The molecule has 0 saturated carbocycles. The molecule has 0 saturated heterocycles. The van der Waals surface area contributed by atoms with E-state index in [1.165, 1.54) is 149 Å². The van der Waals surface area contributed by atoms with Gasteiger partial charge in [-0.2, -0.15) is 0 Å². The third kappa shape index (κ3) is 14.8. The first-order valence-electron chi connectivity index (χ1n) is 21.1. The number of unbranched alkanes of at least 4 members (excludes halogenated alkanes) is 13. The molecule has 0 unspecified atom stereocenters. The molecule has 0 aliphatic carbocycles. The molecule has 0 atom stereocenters. The predicted molar refractivity (Wildman–Crippen MR) is 248 cm³/mol. The van der Waals surface area contributed by atoms with Crippen LogP contribution in [0.2, 0.25) is 0 Å². The zero-order chi connectivity index (χ0) is 38.9. The van der Waals surface area contributed by atoms with Crippen LogP contribution in [0.15, 0.2) is 32.8 Å². The molecule has 0 bridgehead atoms. The summed E-state index contributed by atoms with van der Waals surface area (Å²) in [6.45, 7) is 27.1. The molecule has 4 rings (SSSR count). The van der Waals surface area contributed by atoms with Gasteiger partial charge in [0.1, 0.15) is 0 Å². The minimum Gasteiger partial charge on any atom is -0.263 e. The van der Waals surface area contributed by atoms with Crippen molar-refractivity contribution in [3.05, 3.63) is 39.0 Å². The number of thiazole rings is 1. The molecule has 0 aliphatic heterocycles. The summed E-state index contributed by atoms with van der Waals surface area (Å²) in [5.41, 5.74) is 7.77. The average Bonchev–Trinajstić information content (AvgIpc) is 3.89. The van der Waals surface area contributed by atoms with Crippen LogP contribution in [-0.2, 0) is 18.3 Å². The van der Waals surface area contributed by atoms with Crippen molar-refractivity contribution >= 4 is 68.4 Å². The van der Waals surface area contributed by atoms with E-state index in [4.69, 9.17) is 9.98 Å². The third-order valence-corrected chi connectivity index (χ3v) is 14.8. The fraction of sp³-hybridized carbons (Fsp3) is 0.660. The van der Waals surface area contributed by atoms with Crippen molar-refractivity contribution < 1.29 is 0 Å². The normalized spacial score (nSPS) is 12.0. The molecule has 1 aromatic carbocycles. The number of fused-ring (bicyclic) bond motifs is 1. The van der Waals surface area contributed by atoms with E-state index in [-0.39, 0.29) is 10.8 Å². The lowest BCUT2D eigenvalue weighted by molar-refractivity contribution is 0.481. The molecule has 0 fully saturated rings. The molecule has 4 aromatic rings. The summed E-state index contributed by atoms with van der Waals surface area (Å²) >= 11 is 7.58. The number of aromatic nitrogens is 1. The molecule has 6 heteroatoms. The summed E-state index contributed by atoms with van der Waals surface area (Å²) < 4.78 is 1.27. The van der Waals surface area contributed by atoms with Crippen molar-refractivity contribution in [2.75, 3.05) is 5.75 Å². The highest BCUT2D eigenvalue weighted by Gasteiger charge is 2.29. The lowest BCUT2D eigenvalue weighted by Crippen LogP contribution is -2.10. The molecule has 3 aromatic heterocycles. The summed E-state index contributed by atoms with van der Waals surface area (Å²) in [6.07, 6.45) is 23.8. The van der Waals surface area contributed by atoms with Crippen LogP contribution in [0.1, 0.15) is 188 Å². The molecule has 0 N–H and O–H groups in total. The van der Waals surface area contributed by atoms with Crippen molar-refractivity contribution in [3.63, 3.8) is 0 Å². The maximum Gasteiger partial charge on any atom is 0.0992 e. The van der Waals surface area contributed by atoms with Gasteiger partial charge >= 0.3 is 0 Å². The number of rotatable bonds is 22. The molecule has 53 heavy (non-hydrogen) atoms. The quantitative estimate of drug-likeness (QED) is 0.0450. The van der Waals surface area contributed by atoms with Gasteiger partial charge in [-0.15, -0.1) is 45.8 Å². The highest BCUT2D eigenvalue weighted by Crippen LogP contribution is 2.54. The van der Waals surface area contributed by atoms with Gasteiger partial charge < -0.3 is 0 Å². The highest BCUT2D eigenvalue weighted by molar-refractivity contribution is 7.99. The first kappa shape index (κ1) is 45.9. The zero-order valence-electron chi connectivity index (χ0n) is 35.5. The van der Waals surface area contributed by atoms with Gasteiger partial charge in [0.2, 0.25) is 0 Å². The zero-order valence-corrected chi connectivity index (χ0v) is 38.7. The maximum atomic E-state index is 5.49. The topological polar surface area (TPSA) is 25.2 Å². The standard InChI is InChI=1S/C41H60N2S4.C6H14/c1-10-12-14-16-18-20-22-29-24-31(44-26-29)33-35(42-9)37(46-28-40(3,4)5)34(36-38(33)47-39(43-36)41(6,7)8)32-25-30(27-45-32)23-21-19-17-15-13-11-2;1-3-5-6-4-2/h24-27H,9-23,28H2,1-8H3;3-6H2,1-2H3. The largest absolute Gasteiger partial charge is 0.263 e. The van der Waals surface area contributed by atoms with Crippen LogP contribution in [0, 0.1) is 5.41 Å². The number of aryl methyl sites for hydroxylation is 2. The van der Waals surface area contributed by atoms with Crippen LogP contribution in [-0.4, -0.2) is 17.5 Å². The summed E-state index contributed by atoms with van der Waals surface area (Å²) in [7, 11) is 0. The van der Waals surface area contributed by atoms with Crippen LogP contribution >= 0.6 is 45.8 Å². The minimum atomic E-state index is -0.0323. The first-order valence-corrected chi connectivity index (χ1v) is 24.7. The van der Waals surface area contributed by atoms with Gasteiger partial charge in [-0.3, -0.25) is 4.99 Å². The second-order valence-electron chi connectivity index (χ2n) is 17.3. The van der Waals surface area contributed by atoms with Crippen molar-refractivity contribution in [1.82, 2.24) is 4.98 Å². The molecule has 0 amide bonds. The van der Waals surface area contributed by atoms with Crippen molar-refractivity contribution in [2.45, 2.75) is 195 Å². The summed E-state index contributed by atoms with van der Waals surface area (Å²) in [5, 5.41) is 5.97. The molecule has 0 radical (unpaired) electrons. The second-order valence-corrected chi connectivity index (χ2v) is 21.1. The number of hydrogen-bond acceptors (Lipinski definition) is 6. The number of aliphatic imine (C=N–C) groups is 1. The fourth-order valence-electron chi connectivity index (χ4n) is 6.46. The number of thioether (sulfide) groups is 1. The Morgan fingerprint density at radius 3 is 1.55 bits per heavy atom. The number of benzene rings is 1. The van der Waals surface area contributed by atoms with Crippen LogP contribution in [0.3, 0.4) is 0 Å². The van der Waals surface area contributed by atoms with Gasteiger partial charge in [0.05, 0.1) is 20.9 Å². The Balaban J connectivity index is 0.00000116. The van der Waals surface area contributed by atoms with E-state index in [1.807, 2.05) is 45.8 Å². The van der Waals surface area contributed by atoms with Crippen molar-refractivity contribution in [1.29, 1.82) is 0 Å². The van der Waals surface area contributed by atoms with Gasteiger partial charge in [-0.05, 0) is 71.8 Å². The van der Waals surface area contributed by atoms with E-state index < -0.39 is 0 Å². The molecule has 0 spiro atoms. The first-order chi connectivity index (χ1) is 25.4. The fourth-order valence-corrected chi connectivity index (χ4v) is 11.0. The Bertz CT molecular complexity index is 1620. The molecular formula is C47H74N2S4. The number of nitrogens with zero attached hydrogens (tertiary/aromatic N) is 2. The van der Waals surface area contributed by atoms with Crippen molar-refractivity contribution in [3.8, 4) is 20.9 Å². The third-order valence-electron chi connectivity index (χ3n) is 9.61. The van der Waals surface area contributed by atoms with Gasteiger partial charge in [-0.1, -0.05) is 159 Å². The Morgan fingerprint density at radius 1 is 0.642 bits per heavy atom. The Hall–Kier alpha value is -1.47. The van der Waals surface area contributed by atoms with Crippen LogP contribution in [0.4, 0.5) is 5.69 Å². The Labute approximate surface area is 342 Å². The molecule has 3 heterocycles. The van der Waals surface area contributed by atoms with Crippen LogP contribution in [0.5, 0.6) is 0 Å². The summed E-state index contributed by atoms with van der Waals surface area (Å²) in [6, 6.07) is 4.90. The Kier molecular flexibility index (Phi) is 20.4. The molecule has 0 aliphatic rings. The van der Waals surface area contributed by atoms with E-state index in [1.54, 1.807) is 0 Å². The molecule has 2 nitrogen and oxygen atoms in total. The van der Waals surface area contributed by atoms with E-state index in [0.29, 0.717) is 0 Å². The number of hydrogen-bond donors (Lipinski definition) is 0. The monoisotopic (exact) mass is 794 g/mol. The van der Waals surface area contributed by atoms with Crippen LogP contribution in [0.25, 0.3) is 31.1 Å². The summed E-state index contributed by atoms with van der Waals surface area (Å²) in [5.74, 6) is 1.01. The van der Waals surface area contributed by atoms with Gasteiger partial charge in [-0.25, -0.2) is 4.98 Å². The van der Waals surface area contributed by atoms with E-state index in [9.17, 15) is 0 Å². The van der Waals surface area contributed by atoms with Gasteiger partial charge in [0.25, 0.3) is 0 Å². The molecular weight excluding hydrogens is 721 g/mol. The van der Waals surface area contributed by atoms with Crippen LogP contribution < -0.4 is 0 Å². The smallest absolute Gasteiger partial charge is 0.0992 e. The number of thiophene rings is 2. The van der Waals surface area contributed by atoms with E-state index in [2.05, 4.69) is 98.8 Å². The Morgan fingerprint density at radius 2 is 1.09 bits per heavy atom. The molecule has 296 valence electrons. The van der Waals surface area contributed by atoms with Gasteiger partial charge in [0, 0.05) is 36.9 Å². The second kappa shape index (κ2) is 23.6. The van der Waals surface area contributed by atoms with Gasteiger partial charge in [0.15, 0.2) is 0 Å². The highest BCUT2D eigenvalue weighted by atomic mass is 32.2. The average molecular weight is 795 g/mol. The maximum absolute atomic E-state index is 5.49. The predicted octanol–water partition coefficient (Wildman–Crippen LogP) is 17.9. The lowest BCUT2D eigenvalue weighted by atomic mass is 9.98. The lowest BCUT2D eigenvalue weighted by Gasteiger charge is -2.21. The van der Waals surface area contributed by atoms with Crippen molar-refractivity contribution in [2.24, 2.45) is 10.4 Å². The van der Waals surface area contributed by atoms with E-state index >= 15 is 0 Å². The minimum absolute atomic E-state index is 0.0323.